The highest BCUT2D eigenvalue weighted by atomic mass is 16.5. The van der Waals surface area contributed by atoms with Crippen molar-refractivity contribution < 1.29 is 30.0 Å². The molecule has 2 rings (SSSR count). The summed E-state index contributed by atoms with van der Waals surface area (Å²) in [6.45, 7) is 1.21. The number of carbonyl (C=O) groups excluding carboxylic acids is 1. The van der Waals surface area contributed by atoms with Crippen LogP contribution in [-0.2, 0) is 9.53 Å². The zero-order valence-electron chi connectivity index (χ0n) is 10.1. The van der Waals surface area contributed by atoms with Crippen LogP contribution in [0.5, 0.6) is 0 Å². The lowest BCUT2D eigenvalue weighted by atomic mass is 9.76. The Kier molecular flexibility index (Phi) is 3.61. The zero-order chi connectivity index (χ0) is 13.5. The molecule has 2 aliphatic heterocycles. The number of nitrogens with one attached hydrogen (secondary N) is 1. The van der Waals surface area contributed by atoms with Gasteiger partial charge in [-0.25, -0.2) is 0 Å². The molecule has 2 fully saturated rings. The second-order valence-corrected chi connectivity index (χ2v) is 4.92. The van der Waals surface area contributed by atoms with Crippen molar-refractivity contribution in [1.29, 1.82) is 0 Å². The van der Waals surface area contributed by atoms with Gasteiger partial charge in [0.1, 0.15) is 12.0 Å². The quantitative estimate of drug-likeness (QED) is 0.352. The fraction of sp³-hybridized carbons (Fsp3) is 0.909. The van der Waals surface area contributed by atoms with E-state index >= 15 is 0 Å². The molecular formula is C11H19NO6. The highest BCUT2D eigenvalue weighted by Gasteiger charge is 2.64. The van der Waals surface area contributed by atoms with Crippen LogP contribution in [0.25, 0.3) is 0 Å². The van der Waals surface area contributed by atoms with Gasteiger partial charge in [0.2, 0.25) is 0 Å². The maximum atomic E-state index is 11.9. The zero-order valence-corrected chi connectivity index (χ0v) is 10.1. The average Bonchev–Trinajstić information content (AvgIpc) is 2.53. The Morgan fingerprint density at radius 2 is 2.11 bits per heavy atom. The Hall–Kier alpha value is -0.730. The van der Waals surface area contributed by atoms with Crippen LogP contribution in [0.3, 0.4) is 0 Å². The summed E-state index contributed by atoms with van der Waals surface area (Å²) in [5, 5.41) is 42.2. The van der Waals surface area contributed by atoms with E-state index in [1.165, 1.54) is 0 Å². The summed E-state index contributed by atoms with van der Waals surface area (Å²) in [5.74, 6) is -1.77. The summed E-state index contributed by atoms with van der Waals surface area (Å²) in [5.41, 5.74) is -1.44. The molecule has 5 N–H and O–H groups in total. The summed E-state index contributed by atoms with van der Waals surface area (Å²) >= 11 is 0. The number of ether oxygens (including phenoxy) is 1. The largest absolute Gasteiger partial charge is 0.466 e. The van der Waals surface area contributed by atoms with Crippen LogP contribution in [0.4, 0.5) is 0 Å². The summed E-state index contributed by atoms with van der Waals surface area (Å²) in [6, 6.07) is -0.534. The van der Waals surface area contributed by atoms with Gasteiger partial charge in [0.05, 0.1) is 31.0 Å². The molecule has 0 radical (unpaired) electrons. The second kappa shape index (κ2) is 4.75. The van der Waals surface area contributed by atoms with Crippen molar-refractivity contribution in [3.8, 4) is 0 Å². The van der Waals surface area contributed by atoms with Gasteiger partial charge in [-0.15, -0.1) is 0 Å². The number of aliphatic hydroxyl groups excluding tert-OH is 4. The summed E-state index contributed by atoms with van der Waals surface area (Å²) in [6.07, 6.45) is -3.37. The van der Waals surface area contributed by atoms with Crippen molar-refractivity contribution in [2.45, 2.75) is 43.2 Å². The fourth-order valence-electron chi connectivity index (χ4n) is 3.09. The highest BCUT2D eigenvalue weighted by Crippen LogP contribution is 2.41. The van der Waals surface area contributed by atoms with Gasteiger partial charge >= 0.3 is 5.97 Å². The van der Waals surface area contributed by atoms with Gasteiger partial charge in [-0.1, -0.05) is 0 Å². The summed E-state index contributed by atoms with van der Waals surface area (Å²) < 4.78 is 4.87. The van der Waals surface area contributed by atoms with Gasteiger partial charge in [0, 0.05) is 6.04 Å². The van der Waals surface area contributed by atoms with Crippen molar-refractivity contribution in [3.05, 3.63) is 0 Å². The standard InChI is InChI=1S/C11H19NO6/c1-2-18-10(17)7-6(14)3-5-8(15)9(16)11(7,4-13)12-5/h5-9,12-16H,2-4H2,1H3/t5-,6+,7-,8-,9+,11+/m0/s1. The normalized spacial score (nSPS) is 47.1. The topological polar surface area (TPSA) is 119 Å². The Bertz CT molecular complexity index is 337. The first-order valence-corrected chi connectivity index (χ1v) is 6.07. The number of piperidine rings is 1. The van der Waals surface area contributed by atoms with Gasteiger partial charge in [0.25, 0.3) is 0 Å². The molecule has 18 heavy (non-hydrogen) atoms. The van der Waals surface area contributed by atoms with Crippen molar-refractivity contribution in [1.82, 2.24) is 5.32 Å². The van der Waals surface area contributed by atoms with Crippen LogP contribution in [-0.4, -0.2) is 69.5 Å². The van der Waals surface area contributed by atoms with E-state index in [0.717, 1.165) is 0 Å². The molecule has 0 unspecified atom stereocenters. The molecule has 104 valence electrons. The molecule has 0 aromatic rings. The predicted molar refractivity (Wildman–Crippen MR) is 59.5 cm³/mol. The van der Waals surface area contributed by atoms with Gasteiger partial charge in [0.15, 0.2) is 0 Å². The lowest BCUT2D eigenvalue weighted by molar-refractivity contribution is -0.163. The summed E-state index contributed by atoms with van der Waals surface area (Å²) in [7, 11) is 0. The number of esters is 1. The van der Waals surface area contributed by atoms with Gasteiger partial charge in [-0.05, 0) is 13.3 Å². The van der Waals surface area contributed by atoms with Gasteiger partial charge < -0.3 is 30.5 Å². The van der Waals surface area contributed by atoms with Crippen LogP contribution < -0.4 is 5.32 Å². The molecule has 0 aliphatic carbocycles. The molecule has 7 nitrogen and oxygen atoms in total. The molecule has 0 spiro atoms. The third-order valence-corrected chi connectivity index (χ3v) is 3.95. The van der Waals surface area contributed by atoms with E-state index in [2.05, 4.69) is 5.32 Å². The molecule has 7 heteroatoms. The molecule has 0 amide bonds. The molecule has 0 aromatic carbocycles. The van der Waals surface area contributed by atoms with E-state index in [0.29, 0.717) is 0 Å². The van der Waals surface area contributed by atoms with E-state index in [9.17, 15) is 25.2 Å². The first kappa shape index (κ1) is 13.7. The SMILES string of the molecule is CCOC(=O)[C@@H]1[C@H](O)C[C@@H]2N[C@@]1(CO)[C@H](O)[C@H]2O. The van der Waals surface area contributed by atoms with E-state index in [4.69, 9.17) is 4.74 Å². The lowest BCUT2D eigenvalue weighted by Crippen LogP contribution is -2.66. The molecule has 0 saturated carbocycles. The summed E-state index contributed by atoms with van der Waals surface area (Å²) in [4.78, 5) is 11.9. The number of aliphatic hydroxyl groups is 4. The van der Waals surface area contributed by atoms with Crippen LogP contribution >= 0.6 is 0 Å². The number of rotatable bonds is 3. The molecule has 2 bridgehead atoms. The molecule has 0 aromatic heterocycles. The number of fused-ring (bicyclic) bond motifs is 2. The smallest absolute Gasteiger partial charge is 0.313 e. The van der Waals surface area contributed by atoms with Gasteiger partial charge in [-0.2, -0.15) is 0 Å². The number of hydrogen-bond donors (Lipinski definition) is 5. The van der Waals surface area contributed by atoms with E-state index in [1.54, 1.807) is 6.92 Å². The first-order valence-electron chi connectivity index (χ1n) is 6.07. The molecule has 6 atom stereocenters. The van der Waals surface area contributed by atoms with E-state index in [1.807, 2.05) is 0 Å². The molecule has 2 saturated heterocycles. The van der Waals surface area contributed by atoms with Crippen molar-refractivity contribution in [3.63, 3.8) is 0 Å². The number of carbonyl (C=O) groups is 1. The maximum absolute atomic E-state index is 11.9. The van der Waals surface area contributed by atoms with Gasteiger partial charge in [-0.3, -0.25) is 4.79 Å². The monoisotopic (exact) mass is 261 g/mol. The van der Waals surface area contributed by atoms with Crippen molar-refractivity contribution in [2.75, 3.05) is 13.2 Å². The molecular weight excluding hydrogens is 242 g/mol. The third kappa shape index (κ3) is 1.74. The van der Waals surface area contributed by atoms with Crippen LogP contribution in [0, 0.1) is 5.92 Å². The Labute approximate surface area is 104 Å². The minimum atomic E-state index is -1.44. The molecule has 2 heterocycles. The Balaban J connectivity index is 2.34. The van der Waals surface area contributed by atoms with Crippen LogP contribution in [0.1, 0.15) is 13.3 Å². The first-order chi connectivity index (χ1) is 8.47. The van der Waals surface area contributed by atoms with E-state index < -0.39 is 48.4 Å². The minimum absolute atomic E-state index is 0.128. The van der Waals surface area contributed by atoms with Crippen molar-refractivity contribution in [2.24, 2.45) is 5.92 Å². The average molecular weight is 261 g/mol. The maximum Gasteiger partial charge on any atom is 0.313 e. The third-order valence-electron chi connectivity index (χ3n) is 3.95. The Morgan fingerprint density at radius 1 is 1.44 bits per heavy atom. The predicted octanol–water partition coefficient (Wildman–Crippen LogP) is -2.64. The second-order valence-electron chi connectivity index (χ2n) is 4.92. The fourth-order valence-corrected chi connectivity index (χ4v) is 3.09. The Morgan fingerprint density at radius 3 is 2.67 bits per heavy atom. The minimum Gasteiger partial charge on any atom is -0.466 e. The van der Waals surface area contributed by atoms with E-state index in [-0.39, 0.29) is 13.0 Å². The number of hydrogen-bond acceptors (Lipinski definition) is 7. The van der Waals surface area contributed by atoms with Crippen LogP contribution in [0.2, 0.25) is 0 Å². The lowest BCUT2D eigenvalue weighted by Gasteiger charge is -2.42. The van der Waals surface area contributed by atoms with Crippen LogP contribution in [0.15, 0.2) is 0 Å². The van der Waals surface area contributed by atoms with Crippen molar-refractivity contribution >= 4 is 5.97 Å². The molecule has 2 aliphatic rings. The highest BCUT2D eigenvalue weighted by molar-refractivity contribution is 5.75.